The van der Waals surface area contributed by atoms with Gasteiger partial charge in [-0.15, -0.1) is 0 Å². The van der Waals surface area contributed by atoms with Crippen LogP contribution in [0.3, 0.4) is 0 Å². The van der Waals surface area contributed by atoms with E-state index in [0.717, 1.165) is 43.7 Å². The van der Waals surface area contributed by atoms with E-state index in [1.165, 1.54) is 0 Å². The van der Waals surface area contributed by atoms with Crippen molar-refractivity contribution in [2.75, 3.05) is 20.2 Å². The first-order valence-corrected chi connectivity index (χ1v) is 6.97. The van der Waals surface area contributed by atoms with E-state index >= 15 is 0 Å². The highest BCUT2D eigenvalue weighted by molar-refractivity contribution is 5.95. The van der Waals surface area contributed by atoms with Gasteiger partial charge in [0.1, 0.15) is 5.75 Å². The van der Waals surface area contributed by atoms with Gasteiger partial charge in [-0.1, -0.05) is 6.07 Å². The minimum atomic E-state index is 0.148. The monoisotopic (exact) mass is 260 g/mol. The molecule has 4 nitrogen and oxygen atoms in total. The van der Waals surface area contributed by atoms with Crippen LogP contribution in [0.25, 0.3) is 0 Å². The number of benzene rings is 1. The molecule has 2 atom stereocenters. The Morgan fingerprint density at radius 1 is 1.32 bits per heavy atom. The van der Waals surface area contributed by atoms with E-state index in [1.54, 1.807) is 7.11 Å². The number of fused-ring (bicyclic) bond motifs is 2. The summed E-state index contributed by atoms with van der Waals surface area (Å²) in [4.78, 5) is 14.8. The Kier molecular flexibility index (Phi) is 3.42. The number of carbonyl (C=O) groups excluding carboxylic acids is 1. The van der Waals surface area contributed by atoms with Gasteiger partial charge in [-0.25, -0.2) is 0 Å². The lowest BCUT2D eigenvalue weighted by molar-refractivity contribution is 0.0680. The quantitative estimate of drug-likeness (QED) is 0.879. The smallest absolute Gasteiger partial charge is 0.254 e. The van der Waals surface area contributed by atoms with Gasteiger partial charge in [0.15, 0.2) is 0 Å². The van der Waals surface area contributed by atoms with E-state index in [4.69, 9.17) is 4.74 Å². The number of amides is 1. The molecule has 19 heavy (non-hydrogen) atoms. The molecule has 2 fully saturated rings. The predicted octanol–water partition coefficient (Wildman–Crippen LogP) is 1.66. The minimum Gasteiger partial charge on any atom is -0.497 e. The Morgan fingerprint density at radius 2 is 2.16 bits per heavy atom. The second-order valence-corrected chi connectivity index (χ2v) is 5.32. The molecule has 1 N–H and O–H groups in total. The van der Waals surface area contributed by atoms with Crippen molar-refractivity contribution in [2.45, 2.75) is 31.3 Å². The lowest BCUT2D eigenvalue weighted by atomic mass is 10.1. The van der Waals surface area contributed by atoms with E-state index in [-0.39, 0.29) is 5.91 Å². The fraction of sp³-hybridized carbons (Fsp3) is 0.533. The van der Waals surface area contributed by atoms with Gasteiger partial charge >= 0.3 is 0 Å². The molecule has 2 unspecified atom stereocenters. The highest BCUT2D eigenvalue weighted by atomic mass is 16.5. The van der Waals surface area contributed by atoms with Gasteiger partial charge < -0.3 is 15.0 Å². The number of ether oxygens (including phenoxy) is 1. The molecule has 0 saturated carbocycles. The van der Waals surface area contributed by atoms with E-state index in [2.05, 4.69) is 10.2 Å². The van der Waals surface area contributed by atoms with Crippen LogP contribution in [0.1, 0.15) is 29.6 Å². The maximum absolute atomic E-state index is 12.7. The summed E-state index contributed by atoms with van der Waals surface area (Å²) in [7, 11) is 1.63. The van der Waals surface area contributed by atoms with Crippen LogP contribution in [0.15, 0.2) is 24.3 Å². The molecule has 2 aliphatic heterocycles. The Bertz CT molecular complexity index is 461. The molecule has 0 radical (unpaired) electrons. The van der Waals surface area contributed by atoms with Crippen LogP contribution in [0.2, 0.25) is 0 Å². The molecular formula is C15H20N2O2. The zero-order chi connectivity index (χ0) is 13.2. The van der Waals surface area contributed by atoms with E-state index in [1.807, 2.05) is 24.3 Å². The third-order valence-corrected chi connectivity index (χ3v) is 4.21. The van der Waals surface area contributed by atoms with E-state index < -0.39 is 0 Å². The number of nitrogens with zero attached hydrogens (tertiary/aromatic N) is 1. The summed E-state index contributed by atoms with van der Waals surface area (Å²) in [6.45, 7) is 1.94. The van der Waals surface area contributed by atoms with Crippen molar-refractivity contribution in [3.63, 3.8) is 0 Å². The molecule has 2 saturated heterocycles. The third kappa shape index (κ3) is 2.32. The molecule has 2 bridgehead atoms. The van der Waals surface area contributed by atoms with Crippen molar-refractivity contribution in [1.29, 1.82) is 0 Å². The van der Waals surface area contributed by atoms with E-state index in [9.17, 15) is 4.79 Å². The van der Waals surface area contributed by atoms with Crippen molar-refractivity contribution >= 4 is 5.91 Å². The average molecular weight is 260 g/mol. The van der Waals surface area contributed by atoms with Gasteiger partial charge in [0, 0.05) is 24.2 Å². The SMILES string of the molecule is COc1cccc(C(=O)N2C3CCNCC2CC3)c1. The molecule has 0 spiro atoms. The Hall–Kier alpha value is -1.55. The van der Waals surface area contributed by atoms with Crippen molar-refractivity contribution in [2.24, 2.45) is 0 Å². The summed E-state index contributed by atoms with van der Waals surface area (Å²) < 4.78 is 5.20. The Morgan fingerprint density at radius 3 is 3.00 bits per heavy atom. The fourth-order valence-electron chi connectivity index (χ4n) is 3.22. The molecule has 102 valence electrons. The standard InChI is InChI=1S/C15H20N2O2/c1-19-14-4-2-3-11(9-14)15(18)17-12-5-6-13(17)10-16-8-7-12/h2-4,9,12-13,16H,5-8,10H2,1H3. The van der Waals surface area contributed by atoms with Crippen LogP contribution in [0.4, 0.5) is 0 Å². The van der Waals surface area contributed by atoms with Gasteiger partial charge in [-0.3, -0.25) is 4.79 Å². The summed E-state index contributed by atoms with van der Waals surface area (Å²) in [5.74, 6) is 0.890. The second kappa shape index (κ2) is 5.21. The highest BCUT2D eigenvalue weighted by Gasteiger charge is 2.38. The average Bonchev–Trinajstić information content (AvgIpc) is 2.71. The number of methoxy groups -OCH3 is 1. The number of nitrogens with one attached hydrogen (secondary N) is 1. The topological polar surface area (TPSA) is 41.6 Å². The minimum absolute atomic E-state index is 0.148. The number of hydrogen-bond donors (Lipinski definition) is 1. The number of rotatable bonds is 2. The largest absolute Gasteiger partial charge is 0.497 e. The fourth-order valence-corrected chi connectivity index (χ4v) is 3.22. The molecule has 4 heteroatoms. The number of carbonyl (C=O) groups is 1. The van der Waals surface area contributed by atoms with Crippen LogP contribution in [-0.4, -0.2) is 43.1 Å². The summed E-state index contributed by atoms with van der Waals surface area (Å²) in [5.41, 5.74) is 0.734. The molecule has 2 aliphatic rings. The molecule has 3 rings (SSSR count). The van der Waals surface area contributed by atoms with Crippen molar-refractivity contribution < 1.29 is 9.53 Å². The molecule has 0 aliphatic carbocycles. The maximum atomic E-state index is 12.7. The zero-order valence-electron chi connectivity index (χ0n) is 11.3. The van der Waals surface area contributed by atoms with Crippen LogP contribution >= 0.6 is 0 Å². The highest BCUT2D eigenvalue weighted by Crippen LogP contribution is 2.30. The van der Waals surface area contributed by atoms with Gasteiger partial charge in [-0.2, -0.15) is 0 Å². The van der Waals surface area contributed by atoms with Gasteiger partial charge in [0.05, 0.1) is 7.11 Å². The Balaban J connectivity index is 1.86. The first-order valence-electron chi connectivity index (χ1n) is 6.97. The normalized spacial score (nSPS) is 26.1. The van der Waals surface area contributed by atoms with Gasteiger partial charge in [0.2, 0.25) is 0 Å². The van der Waals surface area contributed by atoms with Crippen LogP contribution in [0.5, 0.6) is 5.75 Å². The zero-order valence-corrected chi connectivity index (χ0v) is 11.3. The van der Waals surface area contributed by atoms with Crippen molar-refractivity contribution in [3.8, 4) is 5.75 Å². The van der Waals surface area contributed by atoms with Gasteiger partial charge in [0.25, 0.3) is 5.91 Å². The molecule has 1 amide bonds. The molecule has 1 aromatic carbocycles. The van der Waals surface area contributed by atoms with Crippen LogP contribution in [0, 0.1) is 0 Å². The lowest BCUT2D eigenvalue weighted by Crippen LogP contribution is -2.42. The predicted molar refractivity (Wildman–Crippen MR) is 73.5 cm³/mol. The molecule has 2 heterocycles. The van der Waals surface area contributed by atoms with E-state index in [0.29, 0.717) is 12.1 Å². The third-order valence-electron chi connectivity index (χ3n) is 4.21. The summed E-state index contributed by atoms with van der Waals surface area (Å²) in [5, 5.41) is 3.42. The Labute approximate surface area is 113 Å². The van der Waals surface area contributed by atoms with Crippen molar-refractivity contribution in [3.05, 3.63) is 29.8 Å². The van der Waals surface area contributed by atoms with Crippen LogP contribution in [-0.2, 0) is 0 Å². The number of hydrogen-bond acceptors (Lipinski definition) is 3. The maximum Gasteiger partial charge on any atom is 0.254 e. The summed E-state index contributed by atoms with van der Waals surface area (Å²) >= 11 is 0. The lowest BCUT2D eigenvalue weighted by Gasteiger charge is -2.28. The second-order valence-electron chi connectivity index (χ2n) is 5.32. The van der Waals surface area contributed by atoms with Gasteiger partial charge in [-0.05, 0) is 44.0 Å². The first kappa shape index (κ1) is 12.5. The molecule has 1 aromatic rings. The molecule has 0 aromatic heterocycles. The summed E-state index contributed by atoms with van der Waals surface area (Å²) in [6.07, 6.45) is 3.32. The van der Waals surface area contributed by atoms with Crippen LogP contribution < -0.4 is 10.1 Å². The first-order chi connectivity index (χ1) is 9.29. The van der Waals surface area contributed by atoms with Crippen molar-refractivity contribution in [1.82, 2.24) is 10.2 Å². The molecular weight excluding hydrogens is 240 g/mol. The summed E-state index contributed by atoms with van der Waals surface area (Å²) in [6, 6.07) is 8.21.